The molecular formula is C26H34O3. The van der Waals surface area contributed by atoms with Gasteiger partial charge in [0.1, 0.15) is 11.5 Å². The lowest BCUT2D eigenvalue weighted by Gasteiger charge is -2.28. The van der Waals surface area contributed by atoms with Crippen molar-refractivity contribution in [1.82, 2.24) is 0 Å². The normalized spacial score (nSPS) is 19.0. The minimum atomic E-state index is -0.317. The van der Waals surface area contributed by atoms with Crippen LogP contribution >= 0.6 is 0 Å². The Morgan fingerprint density at radius 2 is 1.52 bits per heavy atom. The quantitative estimate of drug-likeness (QED) is 0.257. The highest BCUT2D eigenvalue weighted by molar-refractivity contribution is 5.91. The van der Waals surface area contributed by atoms with Gasteiger partial charge in [0, 0.05) is 0 Å². The van der Waals surface area contributed by atoms with Gasteiger partial charge in [-0.25, -0.2) is 4.79 Å². The van der Waals surface area contributed by atoms with Crippen LogP contribution in [0.15, 0.2) is 48.5 Å². The molecule has 0 bridgehead atoms. The summed E-state index contributed by atoms with van der Waals surface area (Å²) in [6.07, 6.45) is 9.99. The molecule has 3 heteroatoms. The molecule has 156 valence electrons. The highest BCUT2D eigenvalue weighted by Crippen LogP contribution is 2.37. The maximum atomic E-state index is 12.5. The second kappa shape index (κ2) is 11.0. The summed E-state index contributed by atoms with van der Waals surface area (Å²) in [5.74, 6) is 2.57. The molecule has 1 fully saturated rings. The lowest BCUT2D eigenvalue weighted by atomic mass is 9.77. The first-order valence-electron chi connectivity index (χ1n) is 11.2. The molecule has 1 aliphatic rings. The number of carbonyl (C=O) groups is 1. The molecule has 3 nitrogen and oxygen atoms in total. The second-order valence-electron chi connectivity index (χ2n) is 8.19. The number of benzene rings is 2. The van der Waals surface area contributed by atoms with Crippen molar-refractivity contribution in [1.29, 1.82) is 0 Å². The van der Waals surface area contributed by atoms with Gasteiger partial charge in [-0.2, -0.15) is 0 Å². The van der Waals surface area contributed by atoms with E-state index in [1.165, 1.54) is 44.1 Å². The average Bonchev–Trinajstić information content (AvgIpc) is 2.76. The fraction of sp³-hybridized carbons (Fsp3) is 0.500. The van der Waals surface area contributed by atoms with E-state index in [2.05, 4.69) is 26.0 Å². The van der Waals surface area contributed by atoms with E-state index in [4.69, 9.17) is 9.47 Å². The van der Waals surface area contributed by atoms with Crippen LogP contribution in [0, 0.1) is 5.92 Å². The van der Waals surface area contributed by atoms with Crippen LogP contribution < -0.4 is 9.47 Å². The van der Waals surface area contributed by atoms with Gasteiger partial charge in [0.25, 0.3) is 0 Å². The van der Waals surface area contributed by atoms with Gasteiger partial charge in [-0.1, -0.05) is 45.2 Å². The van der Waals surface area contributed by atoms with E-state index in [0.717, 1.165) is 24.5 Å². The van der Waals surface area contributed by atoms with Crippen LogP contribution in [0.2, 0.25) is 0 Å². The minimum Gasteiger partial charge on any atom is -0.494 e. The van der Waals surface area contributed by atoms with Crippen LogP contribution in [-0.4, -0.2) is 12.6 Å². The van der Waals surface area contributed by atoms with Crippen LogP contribution in [0.5, 0.6) is 11.5 Å². The van der Waals surface area contributed by atoms with Crippen molar-refractivity contribution in [2.45, 2.75) is 71.1 Å². The maximum Gasteiger partial charge on any atom is 0.343 e. The molecular weight excluding hydrogens is 360 g/mol. The second-order valence-corrected chi connectivity index (χ2v) is 8.19. The fourth-order valence-corrected chi connectivity index (χ4v) is 4.19. The first kappa shape index (κ1) is 21.4. The summed E-state index contributed by atoms with van der Waals surface area (Å²) in [6, 6.07) is 15.3. The molecule has 0 aromatic heterocycles. The van der Waals surface area contributed by atoms with Gasteiger partial charge in [0.2, 0.25) is 0 Å². The Morgan fingerprint density at radius 1 is 0.862 bits per heavy atom. The van der Waals surface area contributed by atoms with Crippen molar-refractivity contribution in [2.75, 3.05) is 6.61 Å². The van der Waals surface area contributed by atoms with Crippen molar-refractivity contribution >= 4 is 5.97 Å². The van der Waals surface area contributed by atoms with E-state index in [1.807, 2.05) is 24.3 Å². The standard InChI is InChI=1S/C26H34O3/c1-3-5-19-28-24-15-17-25(18-16-24)29-26(27)23-13-11-22(12-14-23)21-9-7-20(6-4-2)8-10-21/h11-18,20-21H,3-10,19H2,1-2H3. The predicted molar refractivity (Wildman–Crippen MR) is 118 cm³/mol. The Bertz CT molecular complexity index is 741. The fourth-order valence-electron chi connectivity index (χ4n) is 4.19. The summed E-state index contributed by atoms with van der Waals surface area (Å²) >= 11 is 0. The van der Waals surface area contributed by atoms with Crippen molar-refractivity contribution in [3.05, 3.63) is 59.7 Å². The Hall–Kier alpha value is -2.29. The van der Waals surface area contributed by atoms with E-state index in [0.29, 0.717) is 23.8 Å². The summed E-state index contributed by atoms with van der Waals surface area (Å²) in [7, 11) is 0. The number of carbonyl (C=O) groups excluding carboxylic acids is 1. The van der Waals surface area contributed by atoms with Crippen LogP contribution in [0.4, 0.5) is 0 Å². The minimum absolute atomic E-state index is 0.317. The lowest BCUT2D eigenvalue weighted by Crippen LogP contribution is -2.13. The molecule has 0 aliphatic heterocycles. The van der Waals surface area contributed by atoms with Gasteiger partial charge >= 0.3 is 5.97 Å². The van der Waals surface area contributed by atoms with Crippen molar-refractivity contribution in [3.63, 3.8) is 0 Å². The summed E-state index contributed by atoms with van der Waals surface area (Å²) in [4.78, 5) is 12.5. The summed E-state index contributed by atoms with van der Waals surface area (Å²) in [5.41, 5.74) is 1.95. The largest absolute Gasteiger partial charge is 0.494 e. The molecule has 0 saturated heterocycles. The molecule has 2 aromatic carbocycles. The van der Waals surface area contributed by atoms with Gasteiger partial charge in [-0.15, -0.1) is 0 Å². The number of ether oxygens (including phenoxy) is 2. The third-order valence-corrected chi connectivity index (χ3v) is 5.96. The molecule has 29 heavy (non-hydrogen) atoms. The van der Waals surface area contributed by atoms with Crippen LogP contribution in [0.3, 0.4) is 0 Å². The van der Waals surface area contributed by atoms with Crippen LogP contribution in [-0.2, 0) is 0 Å². The first-order valence-corrected chi connectivity index (χ1v) is 11.2. The SMILES string of the molecule is CCCCOc1ccc(OC(=O)c2ccc(C3CCC(CCC)CC3)cc2)cc1. The molecule has 0 heterocycles. The van der Waals surface area contributed by atoms with E-state index in [1.54, 1.807) is 12.1 Å². The third-order valence-electron chi connectivity index (χ3n) is 5.96. The van der Waals surface area contributed by atoms with Crippen LogP contribution in [0.25, 0.3) is 0 Å². The third kappa shape index (κ3) is 6.35. The number of rotatable bonds is 9. The number of esters is 1. The van der Waals surface area contributed by atoms with Gasteiger partial charge in [-0.05, 0) is 85.9 Å². The molecule has 0 unspecified atom stereocenters. The van der Waals surface area contributed by atoms with E-state index in [9.17, 15) is 4.79 Å². The Morgan fingerprint density at radius 3 is 2.14 bits per heavy atom. The number of hydrogen-bond acceptors (Lipinski definition) is 3. The van der Waals surface area contributed by atoms with Crippen molar-refractivity contribution in [3.8, 4) is 11.5 Å². The highest BCUT2D eigenvalue weighted by atomic mass is 16.5. The molecule has 1 aliphatic carbocycles. The van der Waals surface area contributed by atoms with Gasteiger partial charge in [0.05, 0.1) is 12.2 Å². The first-order chi connectivity index (χ1) is 14.2. The zero-order valence-corrected chi connectivity index (χ0v) is 17.9. The smallest absolute Gasteiger partial charge is 0.343 e. The zero-order chi connectivity index (χ0) is 20.5. The summed E-state index contributed by atoms with van der Waals surface area (Å²) in [6.45, 7) is 5.12. The molecule has 0 N–H and O–H groups in total. The highest BCUT2D eigenvalue weighted by Gasteiger charge is 2.22. The zero-order valence-electron chi connectivity index (χ0n) is 17.9. The summed E-state index contributed by atoms with van der Waals surface area (Å²) in [5, 5.41) is 0. The lowest BCUT2D eigenvalue weighted by molar-refractivity contribution is 0.0734. The summed E-state index contributed by atoms with van der Waals surface area (Å²) < 4.78 is 11.2. The Balaban J connectivity index is 1.51. The molecule has 1 saturated carbocycles. The molecule has 0 spiro atoms. The molecule has 0 atom stereocenters. The van der Waals surface area contributed by atoms with Gasteiger partial charge in [0.15, 0.2) is 0 Å². The van der Waals surface area contributed by atoms with E-state index >= 15 is 0 Å². The van der Waals surface area contributed by atoms with Crippen molar-refractivity contribution in [2.24, 2.45) is 5.92 Å². The number of hydrogen-bond donors (Lipinski definition) is 0. The molecule has 0 amide bonds. The maximum absolute atomic E-state index is 12.5. The molecule has 0 radical (unpaired) electrons. The monoisotopic (exact) mass is 394 g/mol. The molecule has 2 aromatic rings. The Labute approximate surface area is 175 Å². The molecule has 3 rings (SSSR count). The Kier molecular flexibility index (Phi) is 8.15. The predicted octanol–water partition coefficient (Wildman–Crippen LogP) is 7.16. The van der Waals surface area contributed by atoms with Crippen LogP contribution in [0.1, 0.15) is 87.1 Å². The van der Waals surface area contributed by atoms with Gasteiger partial charge in [-0.3, -0.25) is 0 Å². The number of unbranched alkanes of at least 4 members (excludes halogenated alkanes) is 1. The topological polar surface area (TPSA) is 35.5 Å². The average molecular weight is 395 g/mol. The van der Waals surface area contributed by atoms with Gasteiger partial charge < -0.3 is 9.47 Å². The van der Waals surface area contributed by atoms with Crippen molar-refractivity contribution < 1.29 is 14.3 Å². The van der Waals surface area contributed by atoms with E-state index < -0.39 is 0 Å². The van der Waals surface area contributed by atoms with E-state index in [-0.39, 0.29) is 5.97 Å².